The van der Waals surface area contributed by atoms with E-state index in [0.29, 0.717) is 0 Å². The molecule has 25 heavy (non-hydrogen) atoms. The van der Waals surface area contributed by atoms with E-state index in [1.165, 1.54) is 12.0 Å². The van der Waals surface area contributed by atoms with Crippen LogP contribution in [0.3, 0.4) is 0 Å². The Labute approximate surface area is 151 Å². The van der Waals surface area contributed by atoms with Crippen LogP contribution in [-0.2, 0) is 16.0 Å². The van der Waals surface area contributed by atoms with Gasteiger partial charge in [-0.3, -0.25) is 9.59 Å². The summed E-state index contributed by atoms with van der Waals surface area (Å²) in [6.45, 7) is 8.57. The van der Waals surface area contributed by atoms with Gasteiger partial charge in [0.05, 0.1) is 0 Å². The number of fused-ring (bicyclic) bond motifs is 1. The number of hydrogen-bond acceptors (Lipinski definition) is 2. The van der Waals surface area contributed by atoms with E-state index in [0.717, 1.165) is 37.9 Å². The van der Waals surface area contributed by atoms with E-state index in [2.05, 4.69) is 19.9 Å². The first-order valence-electron chi connectivity index (χ1n) is 9.60. The largest absolute Gasteiger partial charge is 0.339 e. The lowest BCUT2D eigenvalue weighted by molar-refractivity contribution is -0.150. The average molecular weight is 342 g/mol. The van der Waals surface area contributed by atoms with E-state index in [1.54, 1.807) is 13.8 Å². The summed E-state index contributed by atoms with van der Waals surface area (Å²) in [6.07, 6.45) is 5.07. The molecule has 0 spiro atoms. The molecule has 0 radical (unpaired) electrons. The van der Waals surface area contributed by atoms with Gasteiger partial charge in [-0.15, -0.1) is 0 Å². The third-order valence-electron chi connectivity index (χ3n) is 5.85. The van der Waals surface area contributed by atoms with Crippen molar-refractivity contribution in [3.63, 3.8) is 0 Å². The number of nitrogens with zero attached hydrogens (tertiary/aromatic N) is 2. The molecule has 0 aliphatic carbocycles. The van der Waals surface area contributed by atoms with Gasteiger partial charge in [0, 0.05) is 24.3 Å². The van der Waals surface area contributed by atoms with Gasteiger partial charge >= 0.3 is 0 Å². The van der Waals surface area contributed by atoms with Gasteiger partial charge in [-0.2, -0.15) is 0 Å². The van der Waals surface area contributed by atoms with Crippen molar-refractivity contribution in [2.45, 2.75) is 71.9 Å². The molecule has 2 amide bonds. The lowest BCUT2D eigenvalue weighted by Gasteiger charge is -2.41. The smallest absolute Gasteiger partial charge is 0.242 e. The summed E-state index contributed by atoms with van der Waals surface area (Å²) < 4.78 is 0. The molecule has 2 atom stereocenters. The summed E-state index contributed by atoms with van der Waals surface area (Å²) >= 11 is 0. The number of rotatable bonds is 3. The van der Waals surface area contributed by atoms with Crippen molar-refractivity contribution in [3.05, 3.63) is 29.8 Å². The number of carbonyl (C=O) groups is 2. The minimum absolute atomic E-state index is 0.0133. The Kier molecular flexibility index (Phi) is 4.90. The van der Waals surface area contributed by atoms with Crippen molar-refractivity contribution in [2.24, 2.45) is 5.41 Å². The number of para-hydroxylation sites is 1. The molecule has 1 fully saturated rings. The summed E-state index contributed by atoms with van der Waals surface area (Å²) in [7, 11) is 0. The summed E-state index contributed by atoms with van der Waals surface area (Å²) in [6, 6.07) is 8.41. The highest BCUT2D eigenvalue weighted by Crippen LogP contribution is 2.37. The summed E-state index contributed by atoms with van der Waals surface area (Å²) in [4.78, 5) is 30.5. The lowest BCUT2D eigenvalue weighted by Crippen LogP contribution is -2.55. The van der Waals surface area contributed by atoms with E-state index in [4.69, 9.17) is 0 Å². The topological polar surface area (TPSA) is 40.6 Å². The van der Waals surface area contributed by atoms with Crippen LogP contribution in [0.2, 0.25) is 0 Å². The molecular weight excluding hydrogens is 312 g/mol. The van der Waals surface area contributed by atoms with Crippen LogP contribution in [0.15, 0.2) is 24.3 Å². The fourth-order valence-corrected chi connectivity index (χ4v) is 4.32. The van der Waals surface area contributed by atoms with Crippen LogP contribution in [0.4, 0.5) is 5.69 Å². The fourth-order valence-electron chi connectivity index (χ4n) is 4.32. The Balaban J connectivity index is 1.86. The van der Waals surface area contributed by atoms with Crippen LogP contribution in [0.25, 0.3) is 0 Å². The van der Waals surface area contributed by atoms with E-state index in [-0.39, 0.29) is 23.9 Å². The monoisotopic (exact) mass is 342 g/mol. The maximum Gasteiger partial charge on any atom is 0.242 e. The van der Waals surface area contributed by atoms with Crippen LogP contribution in [-0.4, -0.2) is 35.3 Å². The zero-order valence-electron chi connectivity index (χ0n) is 15.9. The zero-order chi connectivity index (χ0) is 18.2. The van der Waals surface area contributed by atoms with Crippen LogP contribution in [0.5, 0.6) is 0 Å². The first kappa shape index (κ1) is 18.0. The average Bonchev–Trinajstić information content (AvgIpc) is 2.95. The van der Waals surface area contributed by atoms with Gasteiger partial charge < -0.3 is 9.80 Å². The number of hydrogen-bond donors (Lipinski definition) is 0. The number of amides is 2. The van der Waals surface area contributed by atoms with E-state index in [9.17, 15) is 9.59 Å². The van der Waals surface area contributed by atoms with Crippen molar-refractivity contribution < 1.29 is 9.59 Å². The Morgan fingerprint density at radius 1 is 1.16 bits per heavy atom. The van der Waals surface area contributed by atoms with Gasteiger partial charge in [0.25, 0.3) is 0 Å². The van der Waals surface area contributed by atoms with Crippen molar-refractivity contribution in [3.8, 4) is 0 Å². The second-order valence-electron chi connectivity index (χ2n) is 8.04. The molecular formula is C21H30N2O2. The first-order chi connectivity index (χ1) is 11.9. The molecule has 4 nitrogen and oxygen atoms in total. The normalized spacial score (nSPS) is 23.5. The maximum atomic E-state index is 13.4. The van der Waals surface area contributed by atoms with E-state index < -0.39 is 5.41 Å². The summed E-state index contributed by atoms with van der Waals surface area (Å²) in [5.74, 6) is -0.0870. The van der Waals surface area contributed by atoms with Crippen LogP contribution in [0, 0.1) is 5.41 Å². The standard InChI is InChI=1S/C21H30N2O2/c1-5-17-11-8-9-13-22(17)19(24)21(3,4)20(25)23-15(2)14-16-10-6-7-12-18(16)23/h6-7,10,12,15,17H,5,8-9,11,13-14H2,1-4H3. The number of piperidine rings is 1. The highest BCUT2D eigenvalue weighted by molar-refractivity contribution is 6.12. The number of likely N-dealkylation sites (tertiary alicyclic amines) is 1. The summed E-state index contributed by atoms with van der Waals surface area (Å²) in [5.41, 5.74) is 1.12. The van der Waals surface area contributed by atoms with Gasteiger partial charge in [0.2, 0.25) is 11.8 Å². The van der Waals surface area contributed by atoms with Crippen LogP contribution < -0.4 is 4.90 Å². The zero-order valence-corrected chi connectivity index (χ0v) is 15.9. The predicted molar refractivity (Wildman–Crippen MR) is 101 cm³/mol. The van der Waals surface area contributed by atoms with Gasteiger partial charge in [-0.05, 0) is 64.5 Å². The molecule has 0 bridgehead atoms. The SMILES string of the molecule is CCC1CCCCN1C(=O)C(C)(C)C(=O)N1c2ccccc2CC1C. The third-order valence-corrected chi connectivity index (χ3v) is 5.85. The van der Waals surface area contributed by atoms with Gasteiger partial charge in [-0.25, -0.2) is 0 Å². The molecule has 2 heterocycles. The summed E-state index contributed by atoms with van der Waals surface area (Å²) in [5, 5.41) is 0. The Hall–Kier alpha value is -1.84. The second-order valence-corrected chi connectivity index (χ2v) is 8.04. The molecule has 1 aromatic carbocycles. The van der Waals surface area contributed by atoms with Crippen molar-refractivity contribution in [2.75, 3.05) is 11.4 Å². The van der Waals surface area contributed by atoms with Gasteiger partial charge in [-0.1, -0.05) is 25.1 Å². The molecule has 4 heteroatoms. The quantitative estimate of drug-likeness (QED) is 0.784. The molecule has 2 aliphatic rings. The Bertz CT molecular complexity index is 668. The lowest BCUT2D eigenvalue weighted by atomic mass is 9.86. The molecule has 0 aromatic heterocycles. The molecule has 0 N–H and O–H groups in total. The Morgan fingerprint density at radius 2 is 1.88 bits per heavy atom. The van der Waals surface area contributed by atoms with Crippen LogP contribution >= 0.6 is 0 Å². The predicted octanol–water partition coefficient (Wildman–Crippen LogP) is 3.78. The minimum Gasteiger partial charge on any atom is -0.339 e. The molecule has 3 rings (SSSR count). The highest BCUT2D eigenvalue weighted by Gasteiger charge is 2.46. The molecule has 2 unspecified atom stereocenters. The van der Waals surface area contributed by atoms with Crippen molar-refractivity contribution >= 4 is 17.5 Å². The Morgan fingerprint density at radius 3 is 2.60 bits per heavy atom. The van der Waals surface area contributed by atoms with Crippen LogP contribution in [0.1, 0.15) is 58.9 Å². The molecule has 136 valence electrons. The third kappa shape index (κ3) is 3.07. The molecule has 2 aliphatic heterocycles. The fraction of sp³-hybridized carbons (Fsp3) is 0.619. The van der Waals surface area contributed by atoms with Crippen molar-refractivity contribution in [1.29, 1.82) is 0 Å². The van der Waals surface area contributed by atoms with E-state index in [1.807, 2.05) is 28.0 Å². The first-order valence-corrected chi connectivity index (χ1v) is 9.60. The van der Waals surface area contributed by atoms with E-state index >= 15 is 0 Å². The van der Waals surface area contributed by atoms with Crippen molar-refractivity contribution in [1.82, 2.24) is 4.90 Å². The van der Waals surface area contributed by atoms with Gasteiger partial charge in [0.15, 0.2) is 0 Å². The molecule has 0 saturated carbocycles. The second kappa shape index (κ2) is 6.81. The number of carbonyl (C=O) groups excluding carboxylic acids is 2. The maximum absolute atomic E-state index is 13.4. The number of anilines is 1. The highest BCUT2D eigenvalue weighted by atomic mass is 16.2. The minimum atomic E-state index is -1.03. The van der Waals surface area contributed by atoms with Gasteiger partial charge in [0.1, 0.15) is 5.41 Å². The number of benzene rings is 1. The molecule has 1 aromatic rings. The molecule has 1 saturated heterocycles.